The molecule has 0 amide bonds. The third-order valence-corrected chi connectivity index (χ3v) is 4.10. The van der Waals surface area contributed by atoms with E-state index in [4.69, 9.17) is 43.6 Å². The Balaban J connectivity index is 0.000000276. The molecule has 4 N–H and O–H groups in total. The second-order valence-corrected chi connectivity index (χ2v) is 6.07. The lowest BCUT2D eigenvalue weighted by Crippen LogP contribution is -2.20. The van der Waals surface area contributed by atoms with Gasteiger partial charge in [-0.1, -0.05) is 28.1 Å². The normalized spacial score (nSPS) is 15.3. The molecule has 0 atom stereocenters. The molecule has 7 nitrogen and oxygen atoms in total. The number of anilines is 1. The highest BCUT2D eigenvalue weighted by molar-refractivity contribution is 7.89. The predicted molar refractivity (Wildman–Crippen MR) is 74.6 cm³/mol. The number of sulfonamides is 1. The summed E-state index contributed by atoms with van der Waals surface area (Å²) < 4.78 is 32.2. The van der Waals surface area contributed by atoms with Crippen molar-refractivity contribution in [3.63, 3.8) is 0 Å². The van der Waals surface area contributed by atoms with Crippen LogP contribution >= 0.6 is 23.2 Å². The Kier molecular flexibility index (Phi) is 6.96. The maximum atomic E-state index is 11.1. The van der Waals surface area contributed by atoms with Gasteiger partial charge in [0.1, 0.15) is 4.90 Å². The molecule has 2 rings (SSSR count). The molecule has 20 heavy (non-hydrogen) atoms. The lowest BCUT2D eigenvalue weighted by molar-refractivity contribution is -0.0334. The molecule has 1 heterocycles. The lowest BCUT2D eigenvalue weighted by Gasteiger charge is -2.09. The van der Waals surface area contributed by atoms with E-state index < -0.39 is 10.0 Å². The summed E-state index contributed by atoms with van der Waals surface area (Å²) in [5.41, 5.74) is 5.28. The van der Waals surface area contributed by atoms with E-state index >= 15 is 0 Å². The van der Waals surface area contributed by atoms with Gasteiger partial charge in [0, 0.05) is 0 Å². The minimum Gasteiger partial charge on any atom is -0.398 e. The van der Waals surface area contributed by atoms with Crippen molar-refractivity contribution in [2.24, 2.45) is 0 Å². The molecule has 0 radical (unpaired) electrons. The van der Waals surface area contributed by atoms with Crippen LogP contribution in [-0.4, -0.2) is 40.1 Å². The number of nitrogens with two attached hydrogens (primary N) is 1. The van der Waals surface area contributed by atoms with Gasteiger partial charge >= 0.3 is 0 Å². The van der Waals surface area contributed by atoms with Crippen LogP contribution in [0.15, 0.2) is 17.0 Å². The van der Waals surface area contributed by atoms with Gasteiger partial charge in [0.25, 0.3) is 10.0 Å². The molecule has 1 fully saturated rings. The van der Waals surface area contributed by atoms with Crippen LogP contribution in [0.4, 0.5) is 5.69 Å². The number of nitrogens with one attached hydrogen (secondary N) is 1. The Labute approximate surface area is 126 Å². The lowest BCUT2D eigenvalue weighted by atomic mass is 10.3. The summed E-state index contributed by atoms with van der Waals surface area (Å²) in [5, 5.41) is 8.54. The zero-order valence-electron chi connectivity index (χ0n) is 10.3. The third-order valence-electron chi connectivity index (χ3n) is 2.21. The minimum atomic E-state index is -4.03. The summed E-state index contributed by atoms with van der Waals surface area (Å²) in [6, 6.07) is 2.24. The summed E-state index contributed by atoms with van der Waals surface area (Å²) >= 11 is 11.2. The maximum Gasteiger partial charge on any atom is 0.264 e. The highest BCUT2D eigenvalue weighted by Crippen LogP contribution is 2.29. The van der Waals surface area contributed by atoms with Crippen LogP contribution in [0.1, 0.15) is 0 Å². The van der Waals surface area contributed by atoms with E-state index in [1.165, 1.54) is 6.07 Å². The first-order valence-electron chi connectivity index (χ1n) is 5.44. The Morgan fingerprint density at radius 3 is 1.95 bits per heavy atom. The Bertz CT molecular complexity index is 537. The number of halogens is 2. The quantitative estimate of drug-likeness (QED) is 0.550. The zero-order valence-corrected chi connectivity index (χ0v) is 12.6. The van der Waals surface area contributed by atoms with Gasteiger partial charge in [0.15, 0.2) is 0 Å². The molecular formula is C10H14Cl2N2O5S. The number of benzene rings is 1. The second-order valence-electron chi connectivity index (χ2n) is 3.62. The number of rotatable bonds is 2. The molecule has 1 aliphatic heterocycles. The average molecular weight is 345 g/mol. The Hall–Kier alpha value is -0.610. The third kappa shape index (κ3) is 5.06. The molecule has 0 unspecified atom stereocenters. The zero-order chi connectivity index (χ0) is 15.2. The first kappa shape index (κ1) is 17.4. The second kappa shape index (κ2) is 7.99. The molecule has 1 aliphatic rings. The van der Waals surface area contributed by atoms with Gasteiger partial charge in [-0.15, -0.1) is 0 Å². The molecule has 1 aromatic carbocycles. The van der Waals surface area contributed by atoms with E-state index in [9.17, 15) is 8.42 Å². The highest BCUT2D eigenvalue weighted by Gasteiger charge is 2.18. The van der Waals surface area contributed by atoms with Crippen LogP contribution < -0.4 is 10.6 Å². The van der Waals surface area contributed by atoms with Crippen LogP contribution in [0.3, 0.4) is 0 Å². The fourth-order valence-electron chi connectivity index (χ4n) is 1.27. The Morgan fingerprint density at radius 2 is 1.55 bits per heavy atom. The van der Waals surface area contributed by atoms with Crippen molar-refractivity contribution in [2.75, 3.05) is 32.2 Å². The molecule has 0 bridgehead atoms. The summed E-state index contributed by atoms with van der Waals surface area (Å²) in [5.74, 6) is 0. The van der Waals surface area contributed by atoms with E-state index in [1.807, 2.05) is 0 Å². The van der Waals surface area contributed by atoms with Crippen LogP contribution in [-0.2, 0) is 19.5 Å². The molecule has 1 saturated heterocycles. The summed E-state index contributed by atoms with van der Waals surface area (Å²) in [6.07, 6.45) is 0. The van der Waals surface area contributed by atoms with Gasteiger partial charge in [-0.3, -0.25) is 0 Å². The standard InChI is InChI=1S/C6H6Cl2N2O3S.C4H8O2/c7-3-1-5(9)6(2-4(3)8)14(12,13)10-11;1-2-6-4-3-5-1/h1-2,10-11H,9H2;1-4H2. The number of hydrogen-bond donors (Lipinski definition) is 3. The SMILES string of the molecule is C1COCCO1.Nc1cc(Cl)c(Cl)cc1S(=O)(=O)NO. The van der Waals surface area contributed by atoms with E-state index in [2.05, 4.69) is 0 Å². The van der Waals surface area contributed by atoms with Crippen LogP contribution in [0.5, 0.6) is 0 Å². The number of ether oxygens (including phenoxy) is 2. The predicted octanol–water partition coefficient (Wildman–Crippen LogP) is 1.28. The van der Waals surface area contributed by atoms with E-state index in [1.54, 1.807) is 0 Å². The van der Waals surface area contributed by atoms with E-state index in [-0.39, 0.29) is 20.6 Å². The van der Waals surface area contributed by atoms with Crippen LogP contribution in [0.25, 0.3) is 0 Å². The van der Waals surface area contributed by atoms with Gasteiger partial charge in [-0.25, -0.2) is 8.42 Å². The minimum absolute atomic E-state index is 0.0368. The van der Waals surface area contributed by atoms with E-state index in [0.29, 0.717) is 0 Å². The fraction of sp³-hybridized carbons (Fsp3) is 0.400. The van der Waals surface area contributed by atoms with Gasteiger partial charge < -0.3 is 20.4 Å². The van der Waals surface area contributed by atoms with Gasteiger partial charge in [0.05, 0.1) is 42.2 Å². The molecule has 0 aliphatic carbocycles. The van der Waals surface area contributed by atoms with Crippen molar-refractivity contribution in [1.29, 1.82) is 0 Å². The topological polar surface area (TPSA) is 111 Å². The first-order chi connectivity index (χ1) is 9.38. The molecular weight excluding hydrogens is 331 g/mol. The molecule has 0 spiro atoms. The average Bonchev–Trinajstić information content (AvgIpc) is 2.45. The van der Waals surface area contributed by atoms with Crippen molar-refractivity contribution in [1.82, 2.24) is 4.89 Å². The highest BCUT2D eigenvalue weighted by atomic mass is 35.5. The molecule has 0 aromatic heterocycles. The summed E-state index contributed by atoms with van der Waals surface area (Å²) in [6.45, 7) is 3.11. The maximum absolute atomic E-state index is 11.1. The molecule has 1 aromatic rings. The first-order valence-corrected chi connectivity index (χ1v) is 7.68. The van der Waals surface area contributed by atoms with Gasteiger partial charge in [-0.05, 0) is 12.1 Å². The number of nitrogen functional groups attached to an aromatic ring is 1. The largest absolute Gasteiger partial charge is 0.398 e. The summed E-state index contributed by atoms with van der Waals surface area (Å²) in [4.78, 5) is 0.811. The Morgan fingerprint density at radius 1 is 1.10 bits per heavy atom. The van der Waals surface area contributed by atoms with Crippen molar-refractivity contribution in [2.45, 2.75) is 4.90 Å². The molecule has 0 saturated carbocycles. The van der Waals surface area contributed by atoms with Gasteiger partial charge in [-0.2, -0.15) is 0 Å². The van der Waals surface area contributed by atoms with Crippen molar-refractivity contribution in [3.8, 4) is 0 Å². The van der Waals surface area contributed by atoms with Gasteiger partial charge in [0.2, 0.25) is 0 Å². The number of hydrogen-bond acceptors (Lipinski definition) is 6. The van der Waals surface area contributed by atoms with Crippen molar-refractivity contribution < 1.29 is 23.1 Å². The fourth-order valence-corrected chi connectivity index (χ4v) is 2.41. The molecule has 114 valence electrons. The van der Waals surface area contributed by atoms with Crippen LogP contribution in [0, 0.1) is 0 Å². The van der Waals surface area contributed by atoms with Crippen molar-refractivity contribution in [3.05, 3.63) is 22.2 Å². The smallest absolute Gasteiger partial charge is 0.264 e. The van der Waals surface area contributed by atoms with Crippen LogP contribution in [0.2, 0.25) is 10.0 Å². The monoisotopic (exact) mass is 344 g/mol. The molecule has 10 heteroatoms. The summed E-state index contributed by atoms with van der Waals surface area (Å²) in [7, 11) is -4.03. The van der Waals surface area contributed by atoms with E-state index in [0.717, 1.165) is 37.4 Å². The van der Waals surface area contributed by atoms with Crippen molar-refractivity contribution >= 4 is 38.9 Å².